The molecule has 4 nitrogen and oxygen atoms in total. The second-order valence-corrected chi connectivity index (χ2v) is 2.99. The van der Waals surface area contributed by atoms with Crippen LogP contribution in [0.1, 0.15) is 20.8 Å². The fourth-order valence-corrected chi connectivity index (χ4v) is 1.45. The molecule has 17 heavy (non-hydrogen) atoms. The average molecular weight is 234 g/mol. The van der Waals surface area contributed by atoms with Gasteiger partial charge in [-0.15, -0.1) is 10.2 Å². The number of rotatable bonds is 3. The molecule has 1 aromatic heterocycles. The van der Waals surface area contributed by atoms with Crippen LogP contribution in [0.15, 0.2) is 24.3 Å². The van der Waals surface area contributed by atoms with E-state index in [2.05, 4.69) is 10.2 Å². The molecule has 0 N–H and O–H groups in total. The molecular weight excluding hydrogens is 216 g/mol. The minimum Gasteiger partial charge on any atom is -0.479 e. The lowest BCUT2D eigenvalue weighted by Crippen LogP contribution is -1.99. The summed E-state index contributed by atoms with van der Waals surface area (Å²) in [5.74, 6) is 1.07. The highest BCUT2D eigenvalue weighted by atomic mass is 16.5. The Balaban J connectivity index is 0.000000686. The van der Waals surface area contributed by atoms with Gasteiger partial charge >= 0.3 is 0 Å². The van der Waals surface area contributed by atoms with Crippen molar-refractivity contribution in [2.24, 2.45) is 0 Å². The Bertz CT molecular complexity index is 472. The van der Waals surface area contributed by atoms with Crippen molar-refractivity contribution < 1.29 is 9.47 Å². The Morgan fingerprint density at radius 3 is 2.06 bits per heavy atom. The van der Waals surface area contributed by atoms with Crippen molar-refractivity contribution in [3.63, 3.8) is 0 Å². The summed E-state index contributed by atoms with van der Waals surface area (Å²) in [4.78, 5) is 0. The van der Waals surface area contributed by atoms with Gasteiger partial charge in [0.05, 0.1) is 24.5 Å². The van der Waals surface area contributed by atoms with Crippen molar-refractivity contribution in [2.45, 2.75) is 20.8 Å². The van der Waals surface area contributed by atoms with E-state index in [4.69, 9.17) is 9.47 Å². The van der Waals surface area contributed by atoms with E-state index in [9.17, 15) is 0 Å². The standard InChI is InChI=1S/C11H12N2O2.C2H6/c1-3-15-11-9-7-5-4-6-8(9)10(14-2)12-13-11;1-2/h4-7H,3H2,1-2H3;1-2H3. The molecular formula is C13H18N2O2. The molecule has 4 heteroatoms. The highest BCUT2D eigenvalue weighted by molar-refractivity contribution is 5.90. The molecule has 1 heterocycles. The van der Waals surface area contributed by atoms with Crippen LogP contribution in [-0.2, 0) is 0 Å². The third-order valence-corrected chi connectivity index (χ3v) is 2.09. The Labute approximate surface area is 102 Å². The minimum absolute atomic E-state index is 0.522. The number of hydrogen-bond donors (Lipinski definition) is 0. The second-order valence-electron chi connectivity index (χ2n) is 2.99. The van der Waals surface area contributed by atoms with E-state index < -0.39 is 0 Å². The molecule has 1 aromatic carbocycles. The fraction of sp³-hybridized carbons (Fsp3) is 0.385. The van der Waals surface area contributed by atoms with Crippen molar-refractivity contribution in [3.05, 3.63) is 24.3 Å². The van der Waals surface area contributed by atoms with Crippen molar-refractivity contribution in [1.29, 1.82) is 0 Å². The maximum Gasteiger partial charge on any atom is 0.241 e. The first kappa shape index (κ1) is 13.2. The number of ether oxygens (including phenoxy) is 2. The molecule has 2 aromatic rings. The Kier molecular flexibility index (Phi) is 5.20. The molecule has 0 aliphatic rings. The summed E-state index contributed by atoms with van der Waals surface area (Å²) in [7, 11) is 1.58. The van der Waals surface area contributed by atoms with Gasteiger partial charge in [0, 0.05) is 0 Å². The lowest BCUT2D eigenvalue weighted by molar-refractivity contribution is 0.323. The highest BCUT2D eigenvalue weighted by Crippen LogP contribution is 2.28. The first-order valence-corrected chi connectivity index (χ1v) is 5.79. The molecule has 0 saturated carbocycles. The fourth-order valence-electron chi connectivity index (χ4n) is 1.45. The summed E-state index contributed by atoms with van der Waals surface area (Å²) in [6.07, 6.45) is 0. The molecule has 2 rings (SSSR count). The maximum atomic E-state index is 5.39. The van der Waals surface area contributed by atoms with Gasteiger partial charge in [-0.2, -0.15) is 0 Å². The van der Waals surface area contributed by atoms with E-state index in [1.165, 1.54) is 0 Å². The van der Waals surface area contributed by atoms with E-state index in [-0.39, 0.29) is 0 Å². The van der Waals surface area contributed by atoms with Crippen LogP contribution in [0.4, 0.5) is 0 Å². The van der Waals surface area contributed by atoms with Gasteiger partial charge in [-0.25, -0.2) is 0 Å². The van der Waals surface area contributed by atoms with Gasteiger partial charge in [-0.1, -0.05) is 26.0 Å². The minimum atomic E-state index is 0.522. The predicted molar refractivity (Wildman–Crippen MR) is 68.6 cm³/mol. The number of benzene rings is 1. The Morgan fingerprint density at radius 1 is 1.00 bits per heavy atom. The second kappa shape index (κ2) is 6.68. The molecule has 0 aliphatic carbocycles. The Morgan fingerprint density at radius 2 is 1.53 bits per heavy atom. The first-order valence-electron chi connectivity index (χ1n) is 5.79. The number of fused-ring (bicyclic) bond motifs is 1. The van der Waals surface area contributed by atoms with E-state index in [0.717, 1.165) is 10.8 Å². The molecule has 0 fully saturated rings. The molecule has 0 unspecified atom stereocenters. The zero-order chi connectivity index (χ0) is 12.7. The third-order valence-electron chi connectivity index (χ3n) is 2.09. The molecule has 0 saturated heterocycles. The first-order chi connectivity index (χ1) is 8.36. The topological polar surface area (TPSA) is 44.2 Å². The van der Waals surface area contributed by atoms with Crippen molar-refractivity contribution in [2.75, 3.05) is 13.7 Å². The molecule has 0 aliphatic heterocycles. The Hall–Kier alpha value is -1.84. The van der Waals surface area contributed by atoms with Crippen LogP contribution < -0.4 is 9.47 Å². The quantitative estimate of drug-likeness (QED) is 0.818. The predicted octanol–water partition coefficient (Wildman–Crippen LogP) is 3.06. The van der Waals surface area contributed by atoms with Gasteiger partial charge in [0.15, 0.2) is 0 Å². The summed E-state index contributed by atoms with van der Waals surface area (Å²) >= 11 is 0. The molecule has 0 atom stereocenters. The molecule has 92 valence electrons. The summed E-state index contributed by atoms with van der Waals surface area (Å²) in [5, 5.41) is 9.75. The van der Waals surface area contributed by atoms with Crippen molar-refractivity contribution >= 4 is 10.8 Å². The molecule has 0 spiro atoms. The number of methoxy groups -OCH3 is 1. The summed E-state index contributed by atoms with van der Waals surface area (Å²) in [5.41, 5.74) is 0. The third kappa shape index (κ3) is 2.84. The summed E-state index contributed by atoms with van der Waals surface area (Å²) in [6.45, 7) is 6.49. The van der Waals surface area contributed by atoms with Gasteiger partial charge in [0.2, 0.25) is 11.8 Å². The largest absolute Gasteiger partial charge is 0.479 e. The number of nitrogens with zero attached hydrogens (tertiary/aromatic N) is 2. The van der Waals surface area contributed by atoms with Crippen LogP contribution in [-0.4, -0.2) is 23.9 Å². The summed E-state index contributed by atoms with van der Waals surface area (Å²) < 4.78 is 10.5. The van der Waals surface area contributed by atoms with Gasteiger partial charge in [0.25, 0.3) is 0 Å². The highest BCUT2D eigenvalue weighted by Gasteiger charge is 2.08. The van der Waals surface area contributed by atoms with Crippen LogP contribution in [0, 0.1) is 0 Å². The SMILES string of the molecule is CC.CCOc1nnc(OC)c2ccccc12. The van der Waals surface area contributed by atoms with Crippen molar-refractivity contribution in [1.82, 2.24) is 10.2 Å². The van der Waals surface area contributed by atoms with E-state index in [0.29, 0.717) is 18.4 Å². The van der Waals surface area contributed by atoms with Crippen LogP contribution in [0.25, 0.3) is 10.8 Å². The number of hydrogen-bond acceptors (Lipinski definition) is 4. The average Bonchev–Trinajstić information content (AvgIpc) is 2.42. The zero-order valence-electron chi connectivity index (χ0n) is 10.7. The smallest absolute Gasteiger partial charge is 0.241 e. The van der Waals surface area contributed by atoms with E-state index in [1.807, 2.05) is 45.0 Å². The lowest BCUT2D eigenvalue weighted by Gasteiger charge is -2.07. The van der Waals surface area contributed by atoms with Gasteiger partial charge in [0.1, 0.15) is 0 Å². The van der Waals surface area contributed by atoms with Crippen LogP contribution in [0.5, 0.6) is 11.8 Å². The maximum absolute atomic E-state index is 5.39. The molecule has 0 bridgehead atoms. The lowest BCUT2D eigenvalue weighted by atomic mass is 10.2. The monoisotopic (exact) mass is 234 g/mol. The van der Waals surface area contributed by atoms with Gasteiger partial charge < -0.3 is 9.47 Å². The summed E-state index contributed by atoms with van der Waals surface area (Å²) in [6, 6.07) is 7.75. The number of aromatic nitrogens is 2. The van der Waals surface area contributed by atoms with Gasteiger partial charge in [-0.05, 0) is 19.1 Å². The van der Waals surface area contributed by atoms with Gasteiger partial charge in [-0.3, -0.25) is 0 Å². The molecule has 0 radical (unpaired) electrons. The zero-order valence-corrected chi connectivity index (χ0v) is 10.7. The normalized spacial score (nSPS) is 9.41. The molecule has 0 amide bonds. The van der Waals surface area contributed by atoms with Crippen LogP contribution >= 0.6 is 0 Å². The van der Waals surface area contributed by atoms with E-state index >= 15 is 0 Å². The van der Waals surface area contributed by atoms with Crippen LogP contribution in [0.3, 0.4) is 0 Å². The van der Waals surface area contributed by atoms with Crippen molar-refractivity contribution in [3.8, 4) is 11.8 Å². The van der Waals surface area contributed by atoms with E-state index in [1.54, 1.807) is 7.11 Å². The van der Waals surface area contributed by atoms with Crippen LogP contribution in [0.2, 0.25) is 0 Å².